The first-order valence-corrected chi connectivity index (χ1v) is 11.8. The molecule has 162 valence electrons. The summed E-state index contributed by atoms with van der Waals surface area (Å²) in [4.78, 5) is 21.6. The van der Waals surface area contributed by atoms with Crippen LogP contribution in [0.1, 0.15) is 25.8 Å². The van der Waals surface area contributed by atoms with Crippen molar-refractivity contribution in [3.05, 3.63) is 54.2 Å². The maximum absolute atomic E-state index is 13.2. The Balaban J connectivity index is 1.69. The van der Waals surface area contributed by atoms with Crippen LogP contribution in [0.25, 0.3) is 0 Å². The van der Waals surface area contributed by atoms with E-state index < -0.39 is 16.1 Å². The molecule has 0 bridgehead atoms. The molecular formula is C22H30N4O3S. The van der Waals surface area contributed by atoms with Crippen LogP contribution in [0.4, 0.5) is 5.82 Å². The van der Waals surface area contributed by atoms with E-state index in [1.807, 2.05) is 39.0 Å². The number of rotatable bonds is 7. The van der Waals surface area contributed by atoms with Crippen molar-refractivity contribution in [1.29, 1.82) is 0 Å². The highest BCUT2D eigenvalue weighted by atomic mass is 32.2. The number of anilines is 1. The molecule has 1 aromatic heterocycles. The first-order valence-electron chi connectivity index (χ1n) is 10.3. The first-order chi connectivity index (χ1) is 14.3. The van der Waals surface area contributed by atoms with Crippen LogP contribution in [-0.4, -0.2) is 56.4 Å². The Labute approximate surface area is 179 Å². The molecule has 1 N–H and O–H groups in total. The zero-order chi connectivity index (χ0) is 21.7. The summed E-state index contributed by atoms with van der Waals surface area (Å²) in [6, 6.07) is 11.6. The van der Waals surface area contributed by atoms with Crippen molar-refractivity contribution in [1.82, 2.24) is 14.6 Å². The Bertz CT molecular complexity index is 938. The van der Waals surface area contributed by atoms with Crippen LogP contribution in [0.5, 0.6) is 0 Å². The van der Waals surface area contributed by atoms with E-state index in [9.17, 15) is 13.2 Å². The number of piperazine rings is 1. The third kappa shape index (κ3) is 5.58. The largest absolute Gasteiger partial charge is 0.353 e. The van der Waals surface area contributed by atoms with Gasteiger partial charge >= 0.3 is 0 Å². The Morgan fingerprint density at radius 1 is 1.07 bits per heavy atom. The molecule has 0 saturated carbocycles. The molecule has 30 heavy (non-hydrogen) atoms. The summed E-state index contributed by atoms with van der Waals surface area (Å²) >= 11 is 0. The number of carbonyl (C=O) groups is 1. The Morgan fingerprint density at radius 2 is 1.73 bits per heavy atom. The molecule has 1 aromatic carbocycles. The summed E-state index contributed by atoms with van der Waals surface area (Å²) in [5.74, 6) is 0.901. The van der Waals surface area contributed by atoms with Crippen molar-refractivity contribution >= 4 is 21.7 Å². The Kier molecular flexibility index (Phi) is 7.10. The van der Waals surface area contributed by atoms with Crippen molar-refractivity contribution in [3.63, 3.8) is 0 Å². The average molecular weight is 431 g/mol. The standard InChI is InChI=1S/C22H30N4O3S/c1-17(2)16-20(24-30(28,29)19-9-7-18(3)8-10-19)22(27)26-14-12-25(13-15-26)21-6-4-5-11-23-21/h4-11,17,20,24H,12-16H2,1-3H3. The van der Waals surface area contributed by atoms with Crippen molar-refractivity contribution in [2.24, 2.45) is 5.92 Å². The van der Waals surface area contributed by atoms with Gasteiger partial charge in [0.25, 0.3) is 0 Å². The van der Waals surface area contributed by atoms with Gasteiger partial charge in [-0.2, -0.15) is 4.72 Å². The van der Waals surface area contributed by atoms with Crippen LogP contribution >= 0.6 is 0 Å². The molecule has 7 nitrogen and oxygen atoms in total. The van der Waals surface area contributed by atoms with E-state index in [0.29, 0.717) is 32.6 Å². The molecule has 1 unspecified atom stereocenters. The van der Waals surface area contributed by atoms with Crippen LogP contribution in [0.3, 0.4) is 0 Å². The number of amides is 1. The predicted octanol–water partition coefficient (Wildman–Crippen LogP) is 2.43. The highest BCUT2D eigenvalue weighted by molar-refractivity contribution is 7.89. The van der Waals surface area contributed by atoms with Gasteiger partial charge in [-0.15, -0.1) is 0 Å². The smallest absolute Gasteiger partial charge is 0.241 e. The Hall–Kier alpha value is -2.45. The lowest BCUT2D eigenvalue weighted by molar-refractivity contribution is -0.133. The molecule has 1 fully saturated rings. The van der Waals surface area contributed by atoms with Crippen LogP contribution < -0.4 is 9.62 Å². The number of benzene rings is 1. The first kappa shape index (κ1) is 22.2. The van der Waals surface area contributed by atoms with E-state index >= 15 is 0 Å². The minimum atomic E-state index is -3.78. The summed E-state index contributed by atoms with van der Waals surface area (Å²) in [5.41, 5.74) is 0.981. The summed E-state index contributed by atoms with van der Waals surface area (Å²) in [6.45, 7) is 8.29. The minimum Gasteiger partial charge on any atom is -0.353 e. The molecular weight excluding hydrogens is 400 g/mol. The molecule has 0 spiro atoms. The number of pyridine rings is 1. The number of nitrogens with one attached hydrogen (secondary N) is 1. The van der Waals surface area contributed by atoms with Crippen LogP contribution in [0.2, 0.25) is 0 Å². The number of aryl methyl sites for hydroxylation is 1. The third-order valence-corrected chi connectivity index (χ3v) is 6.69. The number of aromatic nitrogens is 1. The van der Waals surface area contributed by atoms with Gasteiger partial charge in [-0.05, 0) is 43.5 Å². The van der Waals surface area contributed by atoms with Crippen LogP contribution in [-0.2, 0) is 14.8 Å². The maximum Gasteiger partial charge on any atom is 0.241 e. The molecule has 1 saturated heterocycles. The monoisotopic (exact) mass is 430 g/mol. The van der Waals surface area contributed by atoms with Gasteiger partial charge in [0, 0.05) is 32.4 Å². The fourth-order valence-corrected chi connectivity index (χ4v) is 4.76. The molecule has 1 aliphatic heterocycles. The minimum absolute atomic E-state index is 0.167. The second kappa shape index (κ2) is 9.57. The lowest BCUT2D eigenvalue weighted by Crippen LogP contribution is -2.55. The van der Waals surface area contributed by atoms with Crippen molar-refractivity contribution in [2.45, 2.75) is 38.1 Å². The second-order valence-electron chi connectivity index (χ2n) is 8.12. The quantitative estimate of drug-likeness (QED) is 0.730. The predicted molar refractivity (Wildman–Crippen MR) is 118 cm³/mol. The molecule has 2 aromatic rings. The van der Waals surface area contributed by atoms with Gasteiger partial charge in [0.05, 0.1) is 4.90 Å². The van der Waals surface area contributed by atoms with Crippen LogP contribution in [0, 0.1) is 12.8 Å². The molecule has 3 rings (SSSR count). The van der Waals surface area contributed by atoms with Gasteiger partial charge in [0.2, 0.25) is 15.9 Å². The fourth-order valence-electron chi connectivity index (χ4n) is 3.56. The van der Waals surface area contributed by atoms with Gasteiger partial charge in [0.15, 0.2) is 0 Å². The van der Waals surface area contributed by atoms with Gasteiger partial charge in [-0.25, -0.2) is 13.4 Å². The Morgan fingerprint density at radius 3 is 2.30 bits per heavy atom. The normalized spacial score (nSPS) is 16.0. The molecule has 2 heterocycles. The van der Waals surface area contributed by atoms with E-state index in [-0.39, 0.29) is 16.7 Å². The number of carbonyl (C=O) groups excluding carboxylic acids is 1. The zero-order valence-corrected chi connectivity index (χ0v) is 18.6. The van der Waals surface area contributed by atoms with Crippen molar-refractivity contribution < 1.29 is 13.2 Å². The number of nitrogens with zero attached hydrogens (tertiary/aromatic N) is 3. The molecule has 1 amide bonds. The highest BCUT2D eigenvalue weighted by Crippen LogP contribution is 2.17. The lowest BCUT2D eigenvalue weighted by atomic mass is 10.0. The lowest BCUT2D eigenvalue weighted by Gasteiger charge is -2.37. The van der Waals surface area contributed by atoms with E-state index in [1.165, 1.54) is 0 Å². The topological polar surface area (TPSA) is 82.6 Å². The van der Waals surface area contributed by atoms with Gasteiger partial charge in [-0.3, -0.25) is 4.79 Å². The summed E-state index contributed by atoms with van der Waals surface area (Å²) in [5, 5.41) is 0. The zero-order valence-electron chi connectivity index (χ0n) is 17.8. The van der Waals surface area contributed by atoms with Gasteiger partial charge in [-0.1, -0.05) is 37.6 Å². The van der Waals surface area contributed by atoms with E-state index in [1.54, 1.807) is 35.4 Å². The highest BCUT2D eigenvalue weighted by Gasteiger charge is 2.31. The van der Waals surface area contributed by atoms with Gasteiger partial charge in [0.1, 0.15) is 11.9 Å². The number of hydrogen-bond donors (Lipinski definition) is 1. The SMILES string of the molecule is Cc1ccc(S(=O)(=O)NC(CC(C)C)C(=O)N2CCN(c3ccccn3)CC2)cc1. The molecule has 8 heteroatoms. The van der Waals surface area contributed by atoms with E-state index in [0.717, 1.165) is 11.4 Å². The van der Waals surface area contributed by atoms with Gasteiger partial charge < -0.3 is 9.80 Å². The summed E-state index contributed by atoms with van der Waals surface area (Å²) in [6.07, 6.45) is 2.20. The second-order valence-corrected chi connectivity index (χ2v) is 9.83. The van der Waals surface area contributed by atoms with Crippen molar-refractivity contribution in [3.8, 4) is 0 Å². The maximum atomic E-state index is 13.2. The van der Waals surface area contributed by atoms with Crippen LogP contribution in [0.15, 0.2) is 53.6 Å². The summed E-state index contributed by atoms with van der Waals surface area (Å²) < 4.78 is 28.4. The third-order valence-electron chi connectivity index (χ3n) is 5.20. The molecule has 0 aliphatic carbocycles. The molecule has 0 radical (unpaired) electrons. The molecule has 1 aliphatic rings. The summed E-state index contributed by atoms with van der Waals surface area (Å²) in [7, 11) is -3.78. The average Bonchev–Trinajstić information content (AvgIpc) is 2.73. The van der Waals surface area contributed by atoms with Crippen molar-refractivity contribution in [2.75, 3.05) is 31.1 Å². The number of hydrogen-bond acceptors (Lipinski definition) is 5. The molecule has 1 atom stereocenters. The van der Waals surface area contributed by atoms with E-state index in [4.69, 9.17) is 0 Å². The number of sulfonamides is 1. The fraction of sp³-hybridized carbons (Fsp3) is 0.455. The van der Waals surface area contributed by atoms with E-state index in [2.05, 4.69) is 14.6 Å².